The number of rotatable bonds is 5. The number of anilines is 2. The summed E-state index contributed by atoms with van der Waals surface area (Å²) >= 11 is 1.45. The molecule has 2 heterocycles. The maximum atomic E-state index is 11.7. The molecule has 4 nitrogen and oxygen atoms in total. The molecule has 0 aliphatic heterocycles. The van der Waals surface area contributed by atoms with Crippen LogP contribution in [0.15, 0.2) is 30.6 Å². The first kappa shape index (κ1) is 13.5. The molecule has 0 aliphatic carbocycles. The zero-order valence-electron chi connectivity index (χ0n) is 11.1. The summed E-state index contributed by atoms with van der Waals surface area (Å²) in [7, 11) is 1.98. The van der Waals surface area contributed by atoms with Gasteiger partial charge in [-0.15, -0.1) is 11.3 Å². The smallest absolute Gasteiger partial charge is 0.174 e. The van der Waals surface area contributed by atoms with Gasteiger partial charge in [-0.25, -0.2) is 0 Å². The fraction of sp³-hybridized carbons (Fsp3) is 0.286. The van der Waals surface area contributed by atoms with Crippen LogP contribution in [0.1, 0.15) is 28.6 Å². The monoisotopic (exact) mass is 275 g/mol. The highest BCUT2D eigenvalue weighted by atomic mass is 32.1. The van der Waals surface area contributed by atoms with Gasteiger partial charge < -0.3 is 10.6 Å². The quantitative estimate of drug-likeness (QED) is 0.852. The van der Waals surface area contributed by atoms with E-state index >= 15 is 0 Å². The Hall–Kier alpha value is -1.88. The van der Waals surface area contributed by atoms with Gasteiger partial charge in [0.1, 0.15) is 0 Å². The summed E-state index contributed by atoms with van der Waals surface area (Å²) in [6, 6.07) is 5.81. The van der Waals surface area contributed by atoms with Gasteiger partial charge in [0.15, 0.2) is 5.78 Å². The van der Waals surface area contributed by atoms with Gasteiger partial charge in [0.25, 0.3) is 0 Å². The largest absolute Gasteiger partial charge is 0.397 e. The highest BCUT2D eigenvalue weighted by molar-refractivity contribution is 7.18. The molecule has 2 aromatic rings. The molecule has 0 aliphatic rings. The van der Waals surface area contributed by atoms with E-state index in [0.717, 1.165) is 17.1 Å². The van der Waals surface area contributed by atoms with E-state index in [9.17, 15) is 4.79 Å². The molecule has 2 rings (SSSR count). The van der Waals surface area contributed by atoms with E-state index in [1.54, 1.807) is 6.20 Å². The number of carbonyl (C=O) groups excluding carboxylic acids is 1. The third kappa shape index (κ3) is 3.12. The van der Waals surface area contributed by atoms with Crippen LogP contribution in [0.5, 0.6) is 0 Å². The third-order valence-corrected chi connectivity index (χ3v) is 4.15. The van der Waals surface area contributed by atoms with Crippen molar-refractivity contribution < 1.29 is 4.79 Å². The van der Waals surface area contributed by atoms with Gasteiger partial charge in [-0.1, -0.05) is 13.0 Å². The van der Waals surface area contributed by atoms with Crippen LogP contribution in [0, 0.1) is 0 Å². The Labute approximate surface area is 116 Å². The van der Waals surface area contributed by atoms with Crippen molar-refractivity contribution in [1.29, 1.82) is 0 Å². The zero-order valence-corrected chi connectivity index (χ0v) is 11.9. The van der Waals surface area contributed by atoms with Crippen LogP contribution >= 0.6 is 11.3 Å². The fourth-order valence-electron chi connectivity index (χ4n) is 1.80. The molecule has 0 bridgehead atoms. The molecule has 0 saturated heterocycles. The first-order valence-electron chi connectivity index (χ1n) is 6.14. The third-order valence-electron chi connectivity index (χ3n) is 2.84. The van der Waals surface area contributed by atoms with Gasteiger partial charge in [-0.05, 0) is 17.7 Å². The highest BCUT2D eigenvalue weighted by Crippen LogP contribution is 2.33. The summed E-state index contributed by atoms with van der Waals surface area (Å²) in [6.07, 6.45) is 4.08. The second-order valence-electron chi connectivity index (χ2n) is 4.36. The van der Waals surface area contributed by atoms with E-state index in [-0.39, 0.29) is 5.78 Å². The second-order valence-corrected chi connectivity index (χ2v) is 5.39. The predicted octanol–water partition coefficient (Wildman–Crippen LogP) is 2.95. The van der Waals surface area contributed by atoms with Gasteiger partial charge in [-0.3, -0.25) is 9.78 Å². The molecule has 0 aromatic carbocycles. The fourth-order valence-corrected chi connectivity index (χ4v) is 2.85. The van der Waals surface area contributed by atoms with E-state index in [1.807, 2.05) is 38.4 Å². The number of Topliss-reactive ketones (excluding diaryl/α,β-unsaturated/α-hetero) is 1. The van der Waals surface area contributed by atoms with Crippen molar-refractivity contribution in [1.82, 2.24) is 4.98 Å². The summed E-state index contributed by atoms with van der Waals surface area (Å²) in [6.45, 7) is 2.59. The highest BCUT2D eigenvalue weighted by Gasteiger charge is 2.15. The molecule has 19 heavy (non-hydrogen) atoms. The lowest BCUT2D eigenvalue weighted by molar-refractivity contribution is 0.0993. The molecule has 0 saturated carbocycles. The molecule has 0 radical (unpaired) electrons. The van der Waals surface area contributed by atoms with Crippen LogP contribution in [0.2, 0.25) is 0 Å². The predicted molar refractivity (Wildman–Crippen MR) is 79.7 cm³/mol. The molecule has 2 aromatic heterocycles. The topological polar surface area (TPSA) is 59.2 Å². The van der Waals surface area contributed by atoms with Crippen LogP contribution in [-0.4, -0.2) is 17.8 Å². The number of nitrogens with two attached hydrogens (primary N) is 1. The summed E-state index contributed by atoms with van der Waals surface area (Å²) in [5, 5.41) is 0.998. The van der Waals surface area contributed by atoms with Crippen molar-refractivity contribution in [2.75, 3.05) is 17.7 Å². The molecule has 0 amide bonds. The number of aromatic nitrogens is 1. The van der Waals surface area contributed by atoms with Crippen LogP contribution in [0.4, 0.5) is 10.7 Å². The number of thiophene rings is 1. The van der Waals surface area contributed by atoms with Crippen molar-refractivity contribution in [3.8, 4) is 0 Å². The minimum Gasteiger partial charge on any atom is -0.397 e. The second kappa shape index (κ2) is 5.84. The van der Waals surface area contributed by atoms with Gasteiger partial charge in [0.2, 0.25) is 0 Å². The number of hydrogen-bond donors (Lipinski definition) is 1. The Kier molecular flexibility index (Phi) is 4.16. The summed E-state index contributed by atoms with van der Waals surface area (Å²) in [4.78, 5) is 18.6. The number of carbonyl (C=O) groups is 1. The maximum Gasteiger partial charge on any atom is 0.174 e. The van der Waals surface area contributed by atoms with Gasteiger partial charge >= 0.3 is 0 Å². The molecule has 0 spiro atoms. The standard InChI is InChI=1S/C14H17N3OS/c1-3-12(18)14-11(15)7-13(19-14)17(2)9-10-5-4-6-16-8-10/h4-8H,3,9,15H2,1-2H3. The molecule has 0 unspecified atom stereocenters. The van der Waals surface area contributed by atoms with E-state index < -0.39 is 0 Å². The lowest BCUT2D eigenvalue weighted by atomic mass is 10.2. The number of hydrogen-bond acceptors (Lipinski definition) is 5. The van der Waals surface area contributed by atoms with E-state index in [0.29, 0.717) is 17.0 Å². The average molecular weight is 275 g/mol. The molecule has 100 valence electrons. The van der Waals surface area contributed by atoms with Gasteiger partial charge in [0.05, 0.1) is 15.6 Å². The summed E-state index contributed by atoms with van der Waals surface area (Å²) in [5.41, 5.74) is 7.60. The number of nitrogen functional groups attached to an aromatic ring is 1. The first-order chi connectivity index (χ1) is 9.11. The molecule has 0 fully saturated rings. The minimum atomic E-state index is 0.100. The Morgan fingerprint density at radius 1 is 1.53 bits per heavy atom. The van der Waals surface area contributed by atoms with E-state index in [2.05, 4.69) is 9.88 Å². The Morgan fingerprint density at radius 3 is 2.95 bits per heavy atom. The molecular weight excluding hydrogens is 258 g/mol. The summed E-state index contributed by atoms with van der Waals surface area (Å²) < 4.78 is 0. The maximum absolute atomic E-state index is 11.7. The van der Waals surface area contributed by atoms with Crippen LogP contribution in [0.25, 0.3) is 0 Å². The average Bonchev–Trinajstić information content (AvgIpc) is 2.81. The van der Waals surface area contributed by atoms with Crippen LogP contribution < -0.4 is 10.6 Å². The number of nitrogens with zero attached hydrogens (tertiary/aromatic N) is 2. The zero-order chi connectivity index (χ0) is 13.8. The first-order valence-corrected chi connectivity index (χ1v) is 6.96. The molecule has 2 N–H and O–H groups in total. The molecule has 0 atom stereocenters. The van der Waals surface area contributed by atoms with Crippen LogP contribution in [-0.2, 0) is 6.54 Å². The van der Waals surface area contributed by atoms with Crippen molar-refractivity contribution in [2.24, 2.45) is 0 Å². The SMILES string of the molecule is CCC(=O)c1sc(N(C)Cc2cccnc2)cc1N. The lowest BCUT2D eigenvalue weighted by Crippen LogP contribution is -2.14. The van der Waals surface area contributed by atoms with E-state index in [1.165, 1.54) is 11.3 Å². The summed E-state index contributed by atoms with van der Waals surface area (Å²) in [5.74, 6) is 0.100. The van der Waals surface area contributed by atoms with Crippen molar-refractivity contribution in [2.45, 2.75) is 19.9 Å². The van der Waals surface area contributed by atoms with Crippen molar-refractivity contribution in [3.05, 3.63) is 41.0 Å². The Bertz CT molecular complexity index is 565. The molecular formula is C14H17N3OS. The normalized spacial score (nSPS) is 10.4. The van der Waals surface area contributed by atoms with Gasteiger partial charge in [0, 0.05) is 32.4 Å². The minimum absolute atomic E-state index is 0.100. The number of ketones is 1. The van der Waals surface area contributed by atoms with E-state index in [4.69, 9.17) is 5.73 Å². The Morgan fingerprint density at radius 2 is 2.32 bits per heavy atom. The van der Waals surface area contributed by atoms with Crippen LogP contribution in [0.3, 0.4) is 0 Å². The lowest BCUT2D eigenvalue weighted by Gasteiger charge is -2.16. The van der Waals surface area contributed by atoms with Crippen molar-refractivity contribution in [3.63, 3.8) is 0 Å². The number of pyridine rings is 1. The Balaban J connectivity index is 2.16. The van der Waals surface area contributed by atoms with Gasteiger partial charge in [-0.2, -0.15) is 0 Å². The molecule has 5 heteroatoms. The van der Waals surface area contributed by atoms with Crippen molar-refractivity contribution >= 4 is 27.8 Å².